The van der Waals surface area contributed by atoms with Crippen molar-refractivity contribution < 1.29 is 8.83 Å². The molecule has 0 saturated carbocycles. The van der Waals surface area contributed by atoms with Crippen molar-refractivity contribution in [2.24, 2.45) is 0 Å². The smallest absolute Gasteiger partial charge is 0.159 e. The Morgan fingerprint density at radius 3 is 1.46 bits per heavy atom. The SMILES string of the molecule is c1ccc(-c2ccccc2N(c2ccccc2)c2ccc3c(c2)oc2c4ccc(-c5ccc(N(c6ccccc6-c6ccccc6)c6cccc7c6oc6ccccc67)cc5)cc4c4ccccc4c32)cc1. The monoisotopic (exact) mass is 920 g/mol. The molecule has 0 aliphatic carbocycles. The van der Waals surface area contributed by atoms with Gasteiger partial charge in [-0.3, -0.25) is 0 Å². The van der Waals surface area contributed by atoms with E-state index in [1.165, 1.54) is 10.8 Å². The first-order valence-electron chi connectivity index (χ1n) is 24.5. The number of hydrogen-bond acceptors (Lipinski definition) is 4. The zero-order chi connectivity index (χ0) is 47.5. The standard InChI is InChI=1S/C68H44N2O2/c1-4-19-46(20-5-1)52-25-12-15-31-61(52)69(49-23-8-3-9-24-49)51-40-42-59-65(44-51)72-68-58-41-37-48(43-60(58)54-27-10-11-29-56(54)66(59)68)45-35-38-50(39-36-45)70(62-32-16-13-26-53(62)47-21-6-2-7-22-47)63-33-18-30-57-55-28-14-17-34-64(55)71-67(57)63/h1-44H. The molecule has 0 aliphatic heterocycles. The van der Waals surface area contributed by atoms with Gasteiger partial charge in [0, 0.05) is 61.2 Å². The van der Waals surface area contributed by atoms with Gasteiger partial charge < -0.3 is 18.6 Å². The topological polar surface area (TPSA) is 32.8 Å². The van der Waals surface area contributed by atoms with E-state index in [1.54, 1.807) is 0 Å². The Morgan fingerprint density at radius 2 is 0.736 bits per heavy atom. The summed E-state index contributed by atoms with van der Waals surface area (Å²) in [5, 5.41) is 9.00. The molecule has 0 aliphatic rings. The Kier molecular flexibility index (Phi) is 9.82. The highest BCUT2D eigenvalue weighted by Gasteiger charge is 2.24. The fourth-order valence-corrected chi connectivity index (χ4v) is 10.9. The van der Waals surface area contributed by atoms with E-state index in [4.69, 9.17) is 8.83 Å². The second-order valence-corrected chi connectivity index (χ2v) is 18.4. The van der Waals surface area contributed by atoms with E-state index in [-0.39, 0.29) is 0 Å². The molecule has 0 N–H and O–H groups in total. The van der Waals surface area contributed by atoms with Crippen LogP contribution < -0.4 is 9.80 Å². The molecule has 4 nitrogen and oxygen atoms in total. The van der Waals surface area contributed by atoms with Crippen LogP contribution in [0.1, 0.15) is 0 Å². The first kappa shape index (κ1) is 41.3. The number of fused-ring (bicyclic) bond motifs is 11. The van der Waals surface area contributed by atoms with Gasteiger partial charge >= 0.3 is 0 Å². The molecule has 338 valence electrons. The van der Waals surface area contributed by atoms with Crippen LogP contribution in [0.4, 0.5) is 34.1 Å². The van der Waals surface area contributed by atoms with Crippen molar-refractivity contribution in [1.29, 1.82) is 0 Å². The predicted octanol–water partition coefficient (Wildman–Crippen LogP) is 19.7. The fourth-order valence-electron chi connectivity index (χ4n) is 10.9. The first-order chi connectivity index (χ1) is 35.7. The summed E-state index contributed by atoms with van der Waals surface area (Å²) in [4.78, 5) is 4.68. The number of hydrogen-bond donors (Lipinski definition) is 0. The zero-order valence-corrected chi connectivity index (χ0v) is 39.1. The highest BCUT2D eigenvalue weighted by atomic mass is 16.3. The van der Waals surface area contributed by atoms with E-state index in [9.17, 15) is 0 Å². The van der Waals surface area contributed by atoms with E-state index < -0.39 is 0 Å². The van der Waals surface area contributed by atoms with Gasteiger partial charge in [-0.2, -0.15) is 0 Å². The summed E-state index contributed by atoms with van der Waals surface area (Å²) in [5.41, 5.74) is 16.5. The van der Waals surface area contributed by atoms with Crippen LogP contribution in [0.2, 0.25) is 0 Å². The van der Waals surface area contributed by atoms with Crippen LogP contribution in [0.25, 0.3) is 98.8 Å². The largest absolute Gasteiger partial charge is 0.455 e. The Hall–Kier alpha value is -9.64. The zero-order valence-electron chi connectivity index (χ0n) is 39.1. The van der Waals surface area contributed by atoms with E-state index in [1.807, 2.05) is 12.1 Å². The number of para-hydroxylation sites is 5. The lowest BCUT2D eigenvalue weighted by atomic mass is 9.94. The Balaban J connectivity index is 0.895. The molecule has 72 heavy (non-hydrogen) atoms. The summed E-state index contributed by atoms with van der Waals surface area (Å²) in [6.07, 6.45) is 0. The minimum atomic E-state index is 0.842. The van der Waals surface area contributed by atoms with Gasteiger partial charge in [-0.15, -0.1) is 0 Å². The summed E-state index contributed by atoms with van der Waals surface area (Å²) in [7, 11) is 0. The average molecular weight is 921 g/mol. The molecular formula is C68H44N2O2. The van der Waals surface area contributed by atoms with Crippen LogP contribution in [0.15, 0.2) is 276 Å². The Bertz CT molecular complexity index is 4330. The molecule has 4 heteroatoms. The number of furan rings is 2. The lowest BCUT2D eigenvalue weighted by Crippen LogP contribution is -2.11. The number of benzene rings is 12. The molecule has 0 fully saturated rings. The van der Waals surface area contributed by atoms with Crippen molar-refractivity contribution in [3.63, 3.8) is 0 Å². The van der Waals surface area contributed by atoms with Crippen LogP contribution in [0.5, 0.6) is 0 Å². The van der Waals surface area contributed by atoms with Crippen molar-refractivity contribution in [3.05, 3.63) is 267 Å². The molecule has 0 atom stereocenters. The van der Waals surface area contributed by atoms with Gasteiger partial charge in [0.05, 0.1) is 17.1 Å². The van der Waals surface area contributed by atoms with Crippen molar-refractivity contribution in [1.82, 2.24) is 0 Å². The third kappa shape index (κ3) is 6.84. The van der Waals surface area contributed by atoms with Crippen molar-refractivity contribution in [3.8, 4) is 33.4 Å². The molecule has 2 heterocycles. The minimum Gasteiger partial charge on any atom is -0.455 e. The second-order valence-electron chi connectivity index (χ2n) is 18.4. The molecule has 0 unspecified atom stereocenters. The summed E-state index contributed by atoms with van der Waals surface area (Å²) in [6, 6.07) is 95.0. The maximum absolute atomic E-state index is 7.07. The molecule has 0 radical (unpaired) electrons. The molecule has 0 amide bonds. The molecule has 0 bridgehead atoms. The van der Waals surface area contributed by atoms with Crippen LogP contribution in [0, 0.1) is 0 Å². The van der Waals surface area contributed by atoms with Gasteiger partial charge in [0.2, 0.25) is 0 Å². The molecule has 0 spiro atoms. The van der Waals surface area contributed by atoms with Gasteiger partial charge in [-0.05, 0) is 111 Å². The Morgan fingerprint density at radius 1 is 0.236 bits per heavy atom. The number of rotatable bonds is 9. The molecule has 12 aromatic carbocycles. The van der Waals surface area contributed by atoms with Gasteiger partial charge in [0.25, 0.3) is 0 Å². The van der Waals surface area contributed by atoms with Crippen LogP contribution in [0.3, 0.4) is 0 Å². The van der Waals surface area contributed by atoms with E-state index in [2.05, 4.69) is 265 Å². The van der Waals surface area contributed by atoms with Gasteiger partial charge in [-0.25, -0.2) is 0 Å². The van der Waals surface area contributed by atoms with Crippen molar-refractivity contribution >= 4 is 99.5 Å². The predicted molar refractivity (Wildman–Crippen MR) is 302 cm³/mol. The van der Waals surface area contributed by atoms with Crippen LogP contribution in [-0.4, -0.2) is 0 Å². The lowest BCUT2D eigenvalue weighted by molar-refractivity contribution is 0.669. The molecule has 14 aromatic rings. The minimum absolute atomic E-state index is 0.842. The quantitative estimate of drug-likeness (QED) is 0.135. The first-order valence-corrected chi connectivity index (χ1v) is 24.5. The Labute approximate surface area is 416 Å². The summed E-state index contributed by atoms with van der Waals surface area (Å²) < 4.78 is 13.8. The van der Waals surface area contributed by atoms with Gasteiger partial charge in [0.1, 0.15) is 16.7 Å². The average Bonchev–Trinajstić information content (AvgIpc) is 4.04. The van der Waals surface area contributed by atoms with Crippen molar-refractivity contribution in [2.75, 3.05) is 9.80 Å². The molecular weight excluding hydrogens is 877 g/mol. The molecule has 14 rings (SSSR count). The second kappa shape index (κ2) is 17.1. The van der Waals surface area contributed by atoms with Crippen LogP contribution in [-0.2, 0) is 0 Å². The summed E-state index contributed by atoms with van der Waals surface area (Å²) in [5.74, 6) is 0. The fraction of sp³-hybridized carbons (Fsp3) is 0. The number of nitrogens with zero attached hydrogens (tertiary/aromatic N) is 2. The van der Waals surface area contributed by atoms with E-state index in [0.29, 0.717) is 0 Å². The third-order valence-corrected chi connectivity index (χ3v) is 14.2. The highest BCUT2D eigenvalue weighted by molar-refractivity contribution is 6.30. The summed E-state index contributed by atoms with van der Waals surface area (Å²) >= 11 is 0. The molecule has 0 saturated heterocycles. The highest BCUT2D eigenvalue weighted by Crippen LogP contribution is 2.48. The van der Waals surface area contributed by atoms with Crippen LogP contribution >= 0.6 is 0 Å². The molecule has 2 aromatic heterocycles. The van der Waals surface area contributed by atoms with Crippen molar-refractivity contribution in [2.45, 2.75) is 0 Å². The number of anilines is 6. The van der Waals surface area contributed by atoms with Gasteiger partial charge in [-0.1, -0.05) is 188 Å². The van der Waals surface area contributed by atoms with E-state index >= 15 is 0 Å². The van der Waals surface area contributed by atoms with Gasteiger partial charge in [0.15, 0.2) is 5.58 Å². The lowest BCUT2D eigenvalue weighted by Gasteiger charge is -2.28. The van der Waals surface area contributed by atoms with E-state index in [0.717, 1.165) is 122 Å². The maximum atomic E-state index is 7.07. The maximum Gasteiger partial charge on any atom is 0.159 e. The summed E-state index contributed by atoms with van der Waals surface area (Å²) in [6.45, 7) is 0. The normalized spacial score (nSPS) is 11.6. The third-order valence-electron chi connectivity index (χ3n) is 14.2.